The van der Waals surface area contributed by atoms with Gasteiger partial charge in [-0.3, -0.25) is 4.79 Å². The van der Waals surface area contributed by atoms with Gasteiger partial charge in [-0.2, -0.15) is 0 Å². The number of imidazole rings is 1. The predicted molar refractivity (Wildman–Crippen MR) is 108 cm³/mol. The van der Waals surface area contributed by atoms with Crippen LogP contribution >= 0.6 is 23.4 Å². The van der Waals surface area contributed by atoms with Gasteiger partial charge in [-0.25, -0.2) is 17.7 Å². The van der Waals surface area contributed by atoms with E-state index in [1.165, 1.54) is 44.1 Å². The summed E-state index contributed by atoms with van der Waals surface area (Å²) < 4.78 is 25.6. The minimum atomic E-state index is -3.62. The number of carbonyl (C=O) groups is 1. The molecule has 0 unspecified atom stereocenters. The van der Waals surface area contributed by atoms with Crippen LogP contribution < -0.4 is 5.32 Å². The minimum Gasteiger partial charge on any atom is -0.333 e. The van der Waals surface area contributed by atoms with Crippen LogP contribution in [0.5, 0.6) is 0 Å². The summed E-state index contributed by atoms with van der Waals surface area (Å²) in [4.78, 5) is 19.8. The first-order chi connectivity index (χ1) is 12.8. The molecule has 2 aromatic carbocycles. The maximum Gasteiger partial charge on any atom is 0.242 e. The number of carbonyl (C=O) groups excluding carboxylic acids is 1. The molecule has 3 rings (SSSR count). The summed E-state index contributed by atoms with van der Waals surface area (Å²) in [5, 5.41) is 3.53. The monoisotopic (exact) mass is 424 g/mol. The Morgan fingerprint density at radius 1 is 1.26 bits per heavy atom. The van der Waals surface area contributed by atoms with Gasteiger partial charge in [0, 0.05) is 14.1 Å². The van der Waals surface area contributed by atoms with Crippen molar-refractivity contribution in [2.75, 3.05) is 25.2 Å². The number of nitrogens with zero attached hydrogens (tertiary/aromatic N) is 2. The summed E-state index contributed by atoms with van der Waals surface area (Å²) in [6.45, 7) is 0. The molecule has 1 heterocycles. The normalized spacial score (nSPS) is 11.9. The second kappa shape index (κ2) is 7.89. The third-order valence-electron chi connectivity index (χ3n) is 3.70. The third-order valence-corrected chi connectivity index (χ3v) is 6.71. The number of amides is 1. The average Bonchev–Trinajstić information content (AvgIpc) is 3.04. The molecule has 0 fully saturated rings. The lowest BCUT2D eigenvalue weighted by atomic mass is 10.3. The van der Waals surface area contributed by atoms with E-state index in [-0.39, 0.29) is 27.3 Å². The Bertz CT molecular complexity index is 1060. The van der Waals surface area contributed by atoms with Crippen molar-refractivity contribution < 1.29 is 13.2 Å². The first kappa shape index (κ1) is 19.7. The van der Waals surface area contributed by atoms with E-state index >= 15 is 0 Å². The van der Waals surface area contributed by atoms with Gasteiger partial charge in [0.1, 0.15) is 0 Å². The number of nitrogens with one attached hydrogen (secondary N) is 2. The van der Waals surface area contributed by atoms with Crippen molar-refractivity contribution in [1.82, 2.24) is 14.3 Å². The highest BCUT2D eigenvalue weighted by atomic mass is 35.5. The topological polar surface area (TPSA) is 95.2 Å². The van der Waals surface area contributed by atoms with Crippen LogP contribution in [0, 0.1) is 0 Å². The maximum atomic E-state index is 12.3. The quantitative estimate of drug-likeness (QED) is 0.592. The maximum absolute atomic E-state index is 12.3. The Balaban J connectivity index is 1.70. The number of anilines is 1. The van der Waals surface area contributed by atoms with E-state index < -0.39 is 10.0 Å². The van der Waals surface area contributed by atoms with Gasteiger partial charge >= 0.3 is 0 Å². The second-order valence-corrected chi connectivity index (χ2v) is 9.35. The second-order valence-electron chi connectivity index (χ2n) is 5.83. The summed E-state index contributed by atoms with van der Waals surface area (Å²) in [5.41, 5.74) is 1.96. The van der Waals surface area contributed by atoms with Gasteiger partial charge in [0.2, 0.25) is 15.9 Å². The number of aromatic nitrogens is 2. The number of para-hydroxylation sites is 2. The lowest BCUT2D eigenvalue weighted by Crippen LogP contribution is -2.22. The molecule has 2 N–H and O–H groups in total. The van der Waals surface area contributed by atoms with Crippen molar-refractivity contribution in [3.8, 4) is 0 Å². The Labute approximate surface area is 166 Å². The zero-order valence-corrected chi connectivity index (χ0v) is 17.0. The molecule has 1 aromatic heterocycles. The van der Waals surface area contributed by atoms with E-state index in [9.17, 15) is 13.2 Å². The Hall–Kier alpha value is -2.07. The minimum absolute atomic E-state index is 0.0529. The van der Waals surface area contributed by atoms with Crippen molar-refractivity contribution in [1.29, 1.82) is 0 Å². The van der Waals surface area contributed by atoms with Gasteiger partial charge in [-0.15, -0.1) is 0 Å². The average molecular weight is 425 g/mol. The summed E-state index contributed by atoms with van der Waals surface area (Å²) in [5.74, 6) is -0.220. The van der Waals surface area contributed by atoms with E-state index in [0.29, 0.717) is 5.16 Å². The number of rotatable bonds is 6. The van der Waals surface area contributed by atoms with Gasteiger partial charge in [0.15, 0.2) is 5.16 Å². The number of sulfonamides is 1. The van der Waals surface area contributed by atoms with Crippen LogP contribution in [0.25, 0.3) is 11.0 Å². The van der Waals surface area contributed by atoms with E-state index in [4.69, 9.17) is 11.6 Å². The molecule has 0 aliphatic rings. The number of fused-ring (bicyclic) bond motifs is 1. The van der Waals surface area contributed by atoms with E-state index in [1.54, 1.807) is 0 Å². The zero-order chi connectivity index (χ0) is 19.6. The van der Waals surface area contributed by atoms with Crippen molar-refractivity contribution in [2.24, 2.45) is 0 Å². The van der Waals surface area contributed by atoms with E-state index in [2.05, 4.69) is 15.3 Å². The van der Waals surface area contributed by atoms with Crippen LogP contribution in [-0.2, 0) is 14.8 Å². The van der Waals surface area contributed by atoms with Gasteiger partial charge in [0.05, 0.1) is 32.4 Å². The summed E-state index contributed by atoms with van der Waals surface area (Å²) in [7, 11) is -0.746. The fourth-order valence-corrected chi connectivity index (χ4v) is 4.07. The highest BCUT2D eigenvalue weighted by Gasteiger charge is 2.19. The molecule has 0 saturated heterocycles. The van der Waals surface area contributed by atoms with Crippen molar-refractivity contribution in [3.05, 3.63) is 47.5 Å². The lowest BCUT2D eigenvalue weighted by molar-refractivity contribution is -0.113. The number of H-pyrrole nitrogens is 1. The standard InChI is InChI=1S/C17H17ClN4O3S2/c1-22(2)27(24,25)11-7-8-12(18)15(9-11)19-16(23)10-26-17-20-13-5-3-4-6-14(13)21-17/h3-9H,10H2,1-2H3,(H,19,23)(H,20,21). The summed E-state index contributed by atoms with van der Waals surface area (Å²) in [6, 6.07) is 11.8. The van der Waals surface area contributed by atoms with Crippen LogP contribution in [-0.4, -0.2) is 48.4 Å². The first-order valence-electron chi connectivity index (χ1n) is 7.87. The predicted octanol–water partition coefficient (Wildman–Crippen LogP) is 3.20. The number of aromatic amines is 1. The molecule has 7 nitrogen and oxygen atoms in total. The molecular weight excluding hydrogens is 408 g/mol. The van der Waals surface area contributed by atoms with Crippen LogP contribution in [0.2, 0.25) is 5.02 Å². The molecule has 0 spiro atoms. The van der Waals surface area contributed by atoms with Gasteiger partial charge < -0.3 is 10.3 Å². The van der Waals surface area contributed by atoms with Crippen molar-refractivity contribution >= 4 is 56.0 Å². The number of hydrogen-bond donors (Lipinski definition) is 2. The number of hydrogen-bond acceptors (Lipinski definition) is 5. The number of thioether (sulfide) groups is 1. The molecule has 3 aromatic rings. The van der Waals surface area contributed by atoms with Gasteiger partial charge in [-0.1, -0.05) is 35.5 Å². The number of halogens is 1. The molecule has 142 valence electrons. The molecule has 0 radical (unpaired) electrons. The molecule has 27 heavy (non-hydrogen) atoms. The van der Waals surface area contributed by atoms with Crippen molar-refractivity contribution in [3.63, 3.8) is 0 Å². The molecule has 0 saturated carbocycles. The first-order valence-corrected chi connectivity index (χ1v) is 10.7. The van der Waals surface area contributed by atoms with E-state index in [1.807, 2.05) is 24.3 Å². The lowest BCUT2D eigenvalue weighted by Gasteiger charge is -2.13. The zero-order valence-electron chi connectivity index (χ0n) is 14.6. The Morgan fingerprint density at radius 2 is 2.00 bits per heavy atom. The van der Waals surface area contributed by atoms with E-state index in [0.717, 1.165) is 15.3 Å². The molecule has 0 bridgehead atoms. The van der Waals surface area contributed by atoms with Crippen LogP contribution in [0.1, 0.15) is 0 Å². The fraction of sp³-hybridized carbons (Fsp3) is 0.176. The molecule has 10 heteroatoms. The van der Waals surface area contributed by atoms with Crippen molar-refractivity contribution in [2.45, 2.75) is 10.1 Å². The smallest absolute Gasteiger partial charge is 0.242 e. The SMILES string of the molecule is CN(C)S(=O)(=O)c1ccc(Cl)c(NC(=O)CSc2nc3ccccc3[nH]2)c1. The van der Waals surface area contributed by atoms with Crippen LogP contribution in [0.3, 0.4) is 0 Å². The molecular formula is C17H17ClN4O3S2. The van der Waals surface area contributed by atoms with Gasteiger partial charge in [0.25, 0.3) is 0 Å². The summed E-state index contributed by atoms with van der Waals surface area (Å²) >= 11 is 7.34. The highest BCUT2D eigenvalue weighted by Crippen LogP contribution is 2.27. The highest BCUT2D eigenvalue weighted by molar-refractivity contribution is 7.99. The molecule has 0 aliphatic heterocycles. The third kappa shape index (κ3) is 4.44. The Kier molecular flexibility index (Phi) is 5.75. The largest absolute Gasteiger partial charge is 0.333 e. The molecule has 1 amide bonds. The number of benzene rings is 2. The summed E-state index contributed by atoms with van der Waals surface area (Å²) in [6.07, 6.45) is 0. The van der Waals surface area contributed by atoms with Crippen LogP contribution in [0.4, 0.5) is 5.69 Å². The van der Waals surface area contributed by atoms with Gasteiger partial charge in [-0.05, 0) is 30.3 Å². The Morgan fingerprint density at radius 3 is 2.70 bits per heavy atom. The molecule has 0 atom stereocenters. The van der Waals surface area contributed by atoms with Crippen LogP contribution in [0.15, 0.2) is 52.5 Å². The fourth-order valence-electron chi connectivity index (χ4n) is 2.29. The molecule has 0 aliphatic carbocycles.